The number of hydrogen-bond donors (Lipinski definition) is 16. The summed E-state index contributed by atoms with van der Waals surface area (Å²) in [4.78, 5) is 172. The number of carbonyl (C=O) groups is 12. The summed E-state index contributed by atoms with van der Waals surface area (Å²) in [6, 6.07) is 26.5. The lowest BCUT2D eigenvalue weighted by Gasteiger charge is -2.31. The molecule has 18 N–H and O–H groups in total. The van der Waals surface area contributed by atoms with Crippen LogP contribution in [0.5, 0.6) is 0 Å². The fourth-order valence-electron chi connectivity index (χ4n) is 13.1. The van der Waals surface area contributed by atoms with Crippen molar-refractivity contribution in [3.63, 3.8) is 0 Å². The van der Waals surface area contributed by atoms with E-state index in [0.717, 1.165) is 16.3 Å². The highest BCUT2D eigenvalue weighted by Crippen LogP contribution is 2.23. The number of nitrogens with zero attached hydrogens (tertiary/aromatic N) is 2. The SMILES string of the molecule is CC(C)C[C@H](NC(=O)[C@@H](Cc1ccc(C(=O)O)cc1)NC(=O)[C@H](Cc1ccc(CN2CCOCC2)cc1)NC(=O)[C@H](CO)NC(=O)[C@@H](Cc1ccccc1)NC(=O)[C@@H](Cc1ccc(Cl)cc1)NC(=O)[C@@H](Cc1ccc2ccccc2c1)NCC(=O)O)C(=O)N[C@@H](CCCNC(=N)N)C(=O)N1CCC[C@H]1C(=O)N[C@H](C)C(N)=O. The number of benzene rings is 6. The van der Waals surface area contributed by atoms with Crippen LogP contribution in [0.3, 0.4) is 0 Å². The molecule has 2 saturated heterocycles. The molecule has 6 aromatic carbocycles. The van der Waals surface area contributed by atoms with Crippen molar-refractivity contribution in [1.82, 2.24) is 63.0 Å². The van der Waals surface area contributed by atoms with Gasteiger partial charge in [0.1, 0.15) is 54.4 Å². The lowest BCUT2D eigenvalue weighted by molar-refractivity contribution is -0.142. The average Bonchev–Trinajstić information content (AvgIpc) is 1.73. The maximum atomic E-state index is 15.4. The van der Waals surface area contributed by atoms with Crippen LogP contribution in [0.2, 0.25) is 5.02 Å². The molecule has 10 amide bonds. The van der Waals surface area contributed by atoms with Gasteiger partial charge >= 0.3 is 11.9 Å². The second-order valence-corrected chi connectivity index (χ2v) is 28.8. The molecule has 0 saturated carbocycles. The van der Waals surface area contributed by atoms with Crippen molar-refractivity contribution in [1.29, 1.82) is 5.41 Å². The molecule has 6 aromatic rings. The van der Waals surface area contributed by atoms with Crippen molar-refractivity contribution < 1.29 is 77.6 Å². The van der Waals surface area contributed by atoms with E-state index in [2.05, 4.69) is 58.1 Å². The van der Waals surface area contributed by atoms with Crippen LogP contribution in [-0.2, 0) is 96.1 Å². The predicted octanol–water partition coefficient (Wildman–Crippen LogP) is 1.26. The lowest BCUT2D eigenvalue weighted by atomic mass is 9.99. The highest BCUT2D eigenvalue weighted by Gasteiger charge is 2.41. The molecule has 2 heterocycles. The standard InChI is InChI=1S/C80H100ClN15O16/c1-47(2)37-61(71(102)88-59(15-9-31-85-80(83)84)78(109)96-32-10-16-67(96)77(108)87-48(3)69(82)100)89-72(103)64(41-51-21-27-56(28-22-51)79(110)111)92-74(105)65(40-50-17-19-53(20-18-50)45-95-33-35-112-36-34-95)93-76(107)66(46-97)94-75(106)62(39-49-11-5-4-6-12-49)91-73(104)63(42-52-24-29-58(81)30-25-52)90-70(101)60(86-44-68(98)99)43-54-23-26-55-13-7-8-14-57(55)38-54/h4-8,11-14,17-30,38,47-48,59-67,86,97H,9-10,15-16,31-37,39-46H2,1-3H3,(H2,82,100)(H,87,108)(H,88,102)(H,89,103)(H,90,101)(H,91,104)(H,92,105)(H,93,107)(H,94,106)(H,98,99)(H,110,111)(H4,83,84,85)/t48-,59+,60-,61+,62-,63-,64-,65+,66+,67+/m1/s1. The fraction of sp³-hybridized carbons (Fsp3) is 0.412. The van der Waals surface area contributed by atoms with Gasteiger partial charge in [-0.1, -0.05) is 147 Å². The number of guanidine groups is 1. The first-order valence-corrected chi connectivity index (χ1v) is 37.6. The van der Waals surface area contributed by atoms with Gasteiger partial charge in [-0.15, -0.1) is 0 Å². The predicted molar refractivity (Wildman–Crippen MR) is 416 cm³/mol. The summed E-state index contributed by atoms with van der Waals surface area (Å²) in [5.74, 6) is -11.8. The molecule has 10 atom stereocenters. The van der Waals surface area contributed by atoms with E-state index >= 15 is 9.59 Å². The van der Waals surface area contributed by atoms with Gasteiger partial charge in [0.05, 0.1) is 38.0 Å². The smallest absolute Gasteiger partial charge is 0.335 e. The number of carboxylic acid groups (broad SMARTS) is 2. The zero-order chi connectivity index (χ0) is 81.0. The van der Waals surface area contributed by atoms with Gasteiger partial charge < -0.3 is 84.3 Å². The van der Waals surface area contributed by atoms with E-state index in [9.17, 15) is 63.3 Å². The first kappa shape index (κ1) is 86.2. The molecule has 32 heteroatoms. The summed E-state index contributed by atoms with van der Waals surface area (Å²) in [6.07, 6.45) is -0.277. The Kier molecular flexibility index (Phi) is 32.9. The average molecular weight is 1560 g/mol. The molecule has 8 rings (SSSR count). The third kappa shape index (κ3) is 27.0. The van der Waals surface area contributed by atoms with Crippen LogP contribution < -0.4 is 64.6 Å². The molecule has 0 radical (unpaired) electrons. The number of rotatable bonds is 41. The molecule has 112 heavy (non-hydrogen) atoms. The van der Waals surface area contributed by atoms with Gasteiger partial charge in [-0.25, -0.2) is 4.79 Å². The van der Waals surface area contributed by atoms with Gasteiger partial charge in [-0.05, 0) is 120 Å². The number of aliphatic carboxylic acids is 1. The number of aliphatic hydroxyl groups excluding tert-OH is 1. The number of carbonyl (C=O) groups excluding carboxylic acids is 10. The number of nitrogens with one attached hydrogen (secondary N) is 11. The molecule has 598 valence electrons. The van der Waals surface area contributed by atoms with E-state index < -0.39 is 145 Å². The van der Waals surface area contributed by atoms with Crippen LogP contribution in [0, 0.1) is 11.3 Å². The van der Waals surface area contributed by atoms with E-state index in [4.69, 9.17) is 33.2 Å². The zero-order valence-corrected chi connectivity index (χ0v) is 63.5. The minimum atomic E-state index is -1.85. The molecule has 2 fully saturated rings. The summed E-state index contributed by atoms with van der Waals surface area (Å²) in [7, 11) is 0. The Labute approximate surface area is 653 Å². The molecule has 0 aliphatic carbocycles. The maximum absolute atomic E-state index is 15.4. The molecule has 0 spiro atoms. The van der Waals surface area contributed by atoms with Gasteiger partial charge in [0.25, 0.3) is 0 Å². The number of aliphatic hydroxyl groups is 1. The highest BCUT2D eigenvalue weighted by atomic mass is 35.5. The van der Waals surface area contributed by atoms with E-state index in [1.54, 1.807) is 86.6 Å². The minimum Gasteiger partial charge on any atom is -0.480 e. The molecule has 2 aliphatic heterocycles. The zero-order valence-electron chi connectivity index (χ0n) is 62.7. The molecular formula is C80H100ClN15O16. The second-order valence-electron chi connectivity index (χ2n) is 28.4. The van der Waals surface area contributed by atoms with Crippen LogP contribution in [0.1, 0.15) is 96.6 Å². The van der Waals surface area contributed by atoms with Gasteiger partial charge in [0.15, 0.2) is 5.96 Å². The first-order chi connectivity index (χ1) is 53.6. The molecule has 2 aliphatic rings. The number of nitrogens with two attached hydrogens (primary N) is 2. The summed E-state index contributed by atoms with van der Waals surface area (Å²) >= 11 is 6.27. The quantitative estimate of drug-likeness (QED) is 0.0146. The lowest BCUT2D eigenvalue weighted by Crippen LogP contribution is -2.62. The van der Waals surface area contributed by atoms with Gasteiger partial charge in [-0.2, -0.15) is 0 Å². The first-order valence-electron chi connectivity index (χ1n) is 37.2. The number of carboxylic acids is 2. The second kappa shape index (κ2) is 42.7. The Morgan fingerprint density at radius 2 is 0.982 bits per heavy atom. The molecule has 0 unspecified atom stereocenters. The van der Waals surface area contributed by atoms with Crippen molar-refractivity contribution >= 4 is 99.3 Å². The van der Waals surface area contributed by atoms with Crippen LogP contribution in [-0.4, -0.2) is 215 Å². The number of halogens is 1. The number of amides is 10. The van der Waals surface area contributed by atoms with Crippen molar-refractivity contribution in [3.8, 4) is 0 Å². The van der Waals surface area contributed by atoms with Gasteiger partial charge in [0, 0.05) is 63.4 Å². The van der Waals surface area contributed by atoms with Crippen molar-refractivity contribution in [2.75, 3.05) is 52.5 Å². The van der Waals surface area contributed by atoms with E-state index in [1.807, 2.05) is 48.5 Å². The maximum Gasteiger partial charge on any atom is 0.335 e. The van der Waals surface area contributed by atoms with Crippen molar-refractivity contribution in [2.45, 2.75) is 152 Å². The number of aromatic carboxylic acids is 1. The summed E-state index contributed by atoms with van der Waals surface area (Å²) < 4.78 is 5.54. The van der Waals surface area contributed by atoms with Crippen LogP contribution in [0.25, 0.3) is 10.8 Å². The minimum absolute atomic E-state index is 0.00125. The molecule has 0 bridgehead atoms. The number of hydrogen-bond acceptors (Lipinski definition) is 17. The van der Waals surface area contributed by atoms with Crippen molar-refractivity contribution in [2.24, 2.45) is 17.4 Å². The number of primary amides is 1. The third-order valence-corrected chi connectivity index (χ3v) is 19.5. The third-order valence-electron chi connectivity index (χ3n) is 19.2. The van der Waals surface area contributed by atoms with E-state index in [0.29, 0.717) is 72.1 Å². The van der Waals surface area contributed by atoms with Gasteiger partial charge in [0.2, 0.25) is 59.1 Å². The Morgan fingerprint density at radius 1 is 0.527 bits per heavy atom. The topological polar surface area (TPSA) is 477 Å². The Morgan fingerprint density at radius 3 is 1.51 bits per heavy atom. The van der Waals surface area contributed by atoms with Gasteiger partial charge in [-0.3, -0.25) is 68.4 Å². The number of fused-ring (bicyclic) bond motifs is 1. The Bertz CT molecular complexity index is 4270. The molecule has 0 aromatic heterocycles. The normalized spacial score (nSPS) is 15.9. The number of likely N-dealkylation sites (tertiary alicyclic amines) is 1. The van der Waals surface area contributed by atoms with E-state index in [1.165, 1.54) is 36.1 Å². The summed E-state index contributed by atoms with van der Waals surface area (Å²) in [5, 5.41) is 67.6. The number of morpholine rings is 1. The molecular weight excluding hydrogens is 1460 g/mol. The van der Waals surface area contributed by atoms with Crippen molar-refractivity contribution in [3.05, 3.63) is 190 Å². The van der Waals surface area contributed by atoms with Crippen LogP contribution >= 0.6 is 11.6 Å². The molecule has 31 nitrogen and oxygen atoms in total. The van der Waals surface area contributed by atoms with Crippen LogP contribution in [0.15, 0.2) is 146 Å². The van der Waals surface area contributed by atoms with E-state index in [-0.39, 0.29) is 88.3 Å². The summed E-state index contributed by atoms with van der Waals surface area (Å²) in [5.41, 5.74) is 14.4. The fourth-order valence-corrected chi connectivity index (χ4v) is 13.3. The van der Waals surface area contributed by atoms with Crippen LogP contribution in [0.4, 0.5) is 0 Å². The summed E-state index contributed by atoms with van der Waals surface area (Å²) in [6.45, 7) is 6.51. The Hall–Kier alpha value is -11.4. The number of ether oxygens (including phenoxy) is 1. The monoisotopic (exact) mass is 1560 g/mol. The Balaban J connectivity index is 1.08. The highest BCUT2D eigenvalue weighted by molar-refractivity contribution is 6.30. The largest absolute Gasteiger partial charge is 0.480 e.